The van der Waals surface area contributed by atoms with Gasteiger partial charge in [0, 0.05) is 13.0 Å². The van der Waals surface area contributed by atoms with Crippen LogP contribution in [0.3, 0.4) is 0 Å². The number of rotatable bonds is 38. The normalized spacial score (nSPS) is 11.9. The second-order valence-electron chi connectivity index (χ2n) is 15.6. The summed E-state index contributed by atoms with van der Waals surface area (Å²) >= 11 is 0. The molecule has 0 rings (SSSR count). The lowest BCUT2D eigenvalue weighted by Gasteiger charge is -2.23. The Morgan fingerprint density at radius 2 is 1.02 bits per heavy atom. The molecule has 0 aliphatic heterocycles. The van der Waals surface area contributed by atoms with Crippen molar-refractivity contribution in [1.29, 1.82) is 0 Å². The van der Waals surface area contributed by atoms with Gasteiger partial charge in [-0.2, -0.15) is 0 Å². The van der Waals surface area contributed by atoms with Gasteiger partial charge in [0.05, 0.1) is 25.2 Å². The molecule has 0 aliphatic carbocycles. The maximum atomic E-state index is 12.8. The maximum absolute atomic E-state index is 12.8. The van der Waals surface area contributed by atoms with Crippen LogP contribution in [0.2, 0.25) is 0 Å². The lowest BCUT2D eigenvalue weighted by atomic mass is 9.87. The van der Waals surface area contributed by atoms with Gasteiger partial charge in [0.25, 0.3) is 0 Å². The molecule has 0 heterocycles. The predicted octanol–water partition coefficient (Wildman–Crippen LogP) is 12.0. The molecule has 0 fully saturated rings. The summed E-state index contributed by atoms with van der Waals surface area (Å²) in [6, 6.07) is 0. The molecular formula is C43H85NO5. The number of ether oxygens (including phenoxy) is 2. The number of carbonyl (C=O) groups excluding carboxylic acids is 2. The van der Waals surface area contributed by atoms with Crippen LogP contribution in [-0.4, -0.2) is 61.4 Å². The molecule has 49 heavy (non-hydrogen) atoms. The lowest BCUT2D eigenvalue weighted by molar-refractivity contribution is -0.154. The Morgan fingerprint density at radius 3 is 1.61 bits per heavy atom. The summed E-state index contributed by atoms with van der Waals surface area (Å²) in [4.78, 5) is 27.2. The van der Waals surface area contributed by atoms with E-state index in [2.05, 4.69) is 25.7 Å². The van der Waals surface area contributed by atoms with Crippen molar-refractivity contribution in [2.24, 2.45) is 11.3 Å². The highest BCUT2D eigenvalue weighted by Crippen LogP contribution is 2.27. The van der Waals surface area contributed by atoms with Crippen LogP contribution in [-0.2, 0) is 19.1 Å². The molecule has 292 valence electrons. The molecule has 0 radical (unpaired) electrons. The van der Waals surface area contributed by atoms with Gasteiger partial charge in [0.15, 0.2) is 0 Å². The highest BCUT2D eigenvalue weighted by Gasteiger charge is 2.28. The Kier molecular flexibility index (Phi) is 34.5. The first-order valence-corrected chi connectivity index (χ1v) is 21.5. The van der Waals surface area contributed by atoms with E-state index in [1.165, 1.54) is 103 Å². The molecule has 0 aromatic rings. The molecule has 0 amide bonds. The van der Waals surface area contributed by atoms with Gasteiger partial charge in [-0.15, -0.1) is 0 Å². The second-order valence-corrected chi connectivity index (χ2v) is 15.6. The van der Waals surface area contributed by atoms with Crippen LogP contribution in [0.1, 0.15) is 214 Å². The average molecular weight is 696 g/mol. The van der Waals surface area contributed by atoms with E-state index < -0.39 is 5.41 Å². The molecule has 0 spiro atoms. The van der Waals surface area contributed by atoms with E-state index in [1.807, 2.05) is 13.8 Å². The highest BCUT2D eigenvalue weighted by atomic mass is 16.5. The third-order valence-electron chi connectivity index (χ3n) is 10.3. The number of aliphatic hydroxyl groups excluding tert-OH is 1. The van der Waals surface area contributed by atoms with Crippen LogP contribution >= 0.6 is 0 Å². The number of aliphatic hydroxyl groups is 1. The van der Waals surface area contributed by atoms with Crippen molar-refractivity contribution in [2.75, 3.05) is 39.5 Å². The minimum atomic E-state index is -0.417. The molecular weight excluding hydrogens is 610 g/mol. The third-order valence-corrected chi connectivity index (χ3v) is 10.3. The van der Waals surface area contributed by atoms with Crippen molar-refractivity contribution in [3.63, 3.8) is 0 Å². The van der Waals surface area contributed by atoms with Gasteiger partial charge in [-0.3, -0.25) is 9.59 Å². The van der Waals surface area contributed by atoms with Crippen molar-refractivity contribution < 1.29 is 24.2 Å². The maximum Gasteiger partial charge on any atom is 0.311 e. The summed E-state index contributed by atoms with van der Waals surface area (Å²) in [6.45, 7) is 15.0. The van der Waals surface area contributed by atoms with Gasteiger partial charge in [0.1, 0.15) is 0 Å². The number of hydrogen-bond acceptors (Lipinski definition) is 6. The Labute approximate surface area is 305 Å². The minimum absolute atomic E-state index is 0.0282. The molecule has 0 bridgehead atoms. The van der Waals surface area contributed by atoms with E-state index in [1.54, 1.807) is 0 Å². The Bertz CT molecular complexity index is 717. The smallest absolute Gasteiger partial charge is 0.311 e. The summed E-state index contributed by atoms with van der Waals surface area (Å²) < 4.78 is 11.2. The summed E-state index contributed by atoms with van der Waals surface area (Å²) in [5.74, 6) is 0.728. The van der Waals surface area contributed by atoms with Gasteiger partial charge in [0.2, 0.25) is 0 Å². The quantitative estimate of drug-likeness (QED) is 0.0512. The summed E-state index contributed by atoms with van der Waals surface area (Å²) in [5.41, 5.74) is -0.417. The van der Waals surface area contributed by atoms with E-state index in [9.17, 15) is 14.7 Å². The van der Waals surface area contributed by atoms with Crippen molar-refractivity contribution in [2.45, 2.75) is 214 Å². The Balaban J connectivity index is 3.93. The molecule has 0 aromatic heterocycles. The van der Waals surface area contributed by atoms with Crippen molar-refractivity contribution in [1.82, 2.24) is 4.90 Å². The number of nitrogens with zero attached hydrogens (tertiary/aromatic N) is 1. The van der Waals surface area contributed by atoms with Crippen LogP contribution in [0.25, 0.3) is 0 Å². The fraction of sp³-hybridized carbons (Fsp3) is 0.953. The highest BCUT2D eigenvalue weighted by molar-refractivity contribution is 5.75. The first-order chi connectivity index (χ1) is 23.8. The van der Waals surface area contributed by atoms with Crippen LogP contribution in [0.15, 0.2) is 0 Å². The van der Waals surface area contributed by atoms with Crippen LogP contribution in [0.5, 0.6) is 0 Å². The number of esters is 2. The molecule has 0 saturated carbocycles. The lowest BCUT2D eigenvalue weighted by Crippen LogP contribution is -2.29. The van der Waals surface area contributed by atoms with Crippen LogP contribution < -0.4 is 0 Å². The molecule has 6 heteroatoms. The monoisotopic (exact) mass is 696 g/mol. The van der Waals surface area contributed by atoms with Gasteiger partial charge in [-0.1, -0.05) is 149 Å². The summed E-state index contributed by atoms with van der Waals surface area (Å²) in [7, 11) is 0. The minimum Gasteiger partial charge on any atom is -0.466 e. The van der Waals surface area contributed by atoms with Crippen molar-refractivity contribution in [3.05, 3.63) is 0 Å². The molecule has 6 nitrogen and oxygen atoms in total. The van der Waals surface area contributed by atoms with Crippen molar-refractivity contribution in [3.8, 4) is 0 Å². The SMILES string of the molecule is CCCCCCCCCC(=O)OCCCCCCCN(CCO)CCCCCCC(C)(C)C(=O)OCCCC(CCCCC)CCCCC. The predicted molar refractivity (Wildman–Crippen MR) is 209 cm³/mol. The Morgan fingerprint density at radius 1 is 0.551 bits per heavy atom. The molecule has 0 aromatic carbocycles. The fourth-order valence-electron chi connectivity index (χ4n) is 6.82. The summed E-state index contributed by atoms with van der Waals surface area (Å²) in [5, 5.41) is 9.54. The van der Waals surface area contributed by atoms with E-state index in [-0.39, 0.29) is 18.5 Å². The zero-order chi connectivity index (χ0) is 36.3. The number of unbranched alkanes of at least 4 members (excludes halogenated alkanes) is 17. The molecule has 1 N–H and O–H groups in total. The van der Waals surface area contributed by atoms with Crippen molar-refractivity contribution >= 4 is 11.9 Å². The molecule has 0 unspecified atom stereocenters. The molecule has 0 aliphatic rings. The molecule has 0 atom stereocenters. The first kappa shape index (κ1) is 47.9. The average Bonchev–Trinajstić information content (AvgIpc) is 3.08. The fourth-order valence-corrected chi connectivity index (χ4v) is 6.82. The van der Waals surface area contributed by atoms with E-state index in [4.69, 9.17) is 9.47 Å². The molecule has 0 saturated heterocycles. The third kappa shape index (κ3) is 31.3. The van der Waals surface area contributed by atoms with E-state index in [0.717, 1.165) is 96.2 Å². The van der Waals surface area contributed by atoms with E-state index in [0.29, 0.717) is 19.6 Å². The first-order valence-electron chi connectivity index (χ1n) is 21.5. The number of hydrogen-bond donors (Lipinski definition) is 1. The standard InChI is InChI=1S/C43H85NO5/c1-6-9-12-13-14-16-23-32-41(46)48-38-27-20-15-18-25-34-44(36-37-45)35-26-19-17-24-33-43(4,5)42(47)49-39-28-31-40(29-21-10-7-2)30-22-11-8-3/h40,45H,6-39H2,1-5H3. The zero-order valence-corrected chi connectivity index (χ0v) is 33.6. The second kappa shape index (κ2) is 35.3. The topological polar surface area (TPSA) is 76.1 Å². The van der Waals surface area contributed by atoms with E-state index >= 15 is 0 Å². The van der Waals surface area contributed by atoms with Gasteiger partial charge in [-0.25, -0.2) is 0 Å². The number of carbonyl (C=O) groups is 2. The largest absolute Gasteiger partial charge is 0.466 e. The van der Waals surface area contributed by atoms with Gasteiger partial charge < -0.3 is 19.5 Å². The van der Waals surface area contributed by atoms with Gasteiger partial charge in [-0.05, 0) is 77.8 Å². The van der Waals surface area contributed by atoms with Crippen LogP contribution in [0, 0.1) is 11.3 Å². The summed E-state index contributed by atoms with van der Waals surface area (Å²) in [6.07, 6.45) is 32.7. The zero-order valence-electron chi connectivity index (χ0n) is 33.6. The van der Waals surface area contributed by atoms with Gasteiger partial charge >= 0.3 is 11.9 Å². The Hall–Kier alpha value is -1.14. The van der Waals surface area contributed by atoms with Crippen LogP contribution in [0.4, 0.5) is 0 Å².